The van der Waals surface area contributed by atoms with E-state index < -0.39 is 32.7 Å². The van der Waals surface area contributed by atoms with Crippen molar-refractivity contribution in [3.63, 3.8) is 0 Å². The van der Waals surface area contributed by atoms with Gasteiger partial charge in [-0.1, -0.05) is 24.3 Å². The Hall–Kier alpha value is -3.01. The predicted octanol–water partition coefficient (Wildman–Crippen LogP) is 5.27. The smallest absolute Gasteiger partial charge is 0.409 e. The molecular weight excluding hydrogens is 578 g/mol. The fraction of sp³-hybridized carbons (Fsp3) is 0.370. The summed E-state index contributed by atoms with van der Waals surface area (Å²) in [6, 6.07) is 8.72. The lowest BCUT2D eigenvalue weighted by atomic mass is 9.95. The molecule has 41 heavy (non-hydrogen) atoms. The Balaban J connectivity index is 0.000000228. The van der Waals surface area contributed by atoms with Crippen LogP contribution in [-0.4, -0.2) is 75.0 Å². The summed E-state index contributed by atoms with van der Waals surface area (Å²) in [6.45, 7) is 8.32. The van der Waals surface area contributed by atoms with E-state index in [0.29, 0.717) is 42.7 Å². The van der Waals surface area contributed by atoms with Crippen LogP contribution in [-0.2, 0) is 10.0 Å². The van der Waals surface area contributed by atoms with Gasteiger partial charge in [-0.3, -0.25) is 14.4 Å². The minimum Gasteiger partial charge on any atom is -0.465 e. The molecule has 1 amide bonds. The summed E-state index contributed by atoms with van der Waals surface area (Å²) < 4.78 is 74.6. The van der Waals surface area contributed by atoms with Crippen molar-refractivity contribution in [1.82, 2.24) is 8.61 Å². The lowest BCUT2D eigenvalue weighted by Crippen LogP contribution is -2.41. The summed E-state index contributed by atoms with van der Waals surface area (Å²) in [7, 11) is -6.05. The number of hydrogen-bond donors (Lipinski definition) is 5. The molecule has 2 heterocycles. The molecule has 0 radical (unpaired) electrons. The van der Waals surface area contributed by atoms with Crippen molar-refractivity contribution in [2.45, 2.75) is 24.7 Å². The number of carboxylic acid groups (broad SMARTS) is 1. The van der Waals surface area contributed by atoms with Crippen LogP contribution in [0.4, 0.5) is 25.0 Å². The quantitative estimate of drug-likeness (QED) is 0.209. The molecule has 0 spiro atoms. The fourth-order valence-electron chi connectivity index (χ4n) is 4.87. The number of nitrogens with zero attached hydrogens (tertiary/aromatic N) is 2. The molecule has 6 N–H and O–H groups in total. The Morgan fingerprint density at radius 2 is 1.49 bits per heavy atom. The number of anilines is 2. The normalized spacial score (nSPS) is 22.9. The summed E-state index contributed by atoms with van der Waals surface area (Å²) in [4.78, 5) is 10.6. The number of halogens is 2. The molecule has 2 aliphatic rings. The molecule has 10 nitrogen and oxygen atoms in total. The second kappa shape index (κ2) is 13.8. The van der Waals surface area contributed by atoms with Crippen LogP contribution in [0.2, 0.25) is 0 Å². The Bertz CT molecular complexity index is 1380. The van der Waals surface area contributed by atoms with Gasteiger partial charge in [0.1, 0.15) is 11.6 Å². The highest BCUT2D eigenvalue weighted by molar-refractivity contribution is 8.22. The van der Waals surface area contributed by atoms with Crippen LogP contribution in [0.15, 0.2) is 61.7 Å². The number of nitrogens with one attached hydrogen (secondary N) is 1. The molecule has 0 saturated carbocycles. The largest absolute Gasteiger partial charge is 0.465 e. The number of carbonyl (C=O) groups is 1. The SMILES string of the molecule is C=CCN1CC(c2ccc(N)cc2F)CCS1(=O)=O.C=CCN1CC(c2ccc(NC(=O)O)cc2F)CCS1(O)O. The molecule has 0 aliphatic carbocycles. The first-order valence-electron chi connectivity index (χ1n) is 12.8. The van der Waals surface area contributed by atoms with Gasteiger partial charge in [0.25, 0.3) is 0 Å². The van der Waals surface area contributed by atoms with Crippen LogP contribution in [0, 0.1) is 11.6 Å². The Morgan fingerprint density at radius 3 is 2.05 bits per heavy atom. The van der Waals surface area contributed by atoms with Gasteiger partial charge >= 0.3 is 6.09 Å². The number of nitrogens with two attached hydrogens (primary N) is 1. The highest BCUT2D eigenvalue weighted by atomic mass is 32.3. The monoisotopic (exact) mass is 614 g/mol. The Labute approximate surface area is 240 Å². The zero-order valence-electron chi connectivity index (χ0n) is 22.5. The van der Waals surface area contributed by atoms with Crippen molar-refractivity contribution < 1.29 is 36.2 Å². The highest BCUT2D eigenvalue weighted by Gasteiger charge is 2.34. The second-order valence-electron chi connectivity index (χ2n) is 9.81. The number of nitrogen functional groups attached to an aromatic ring is 1. The van der Waals surface area contributed by atoms with Crippen LogP contribution in [0.5, 0.6) is 0 Å². The van der Waals surface area contributed by atoms with E-state index in [2.05, 4.69) is 18.5 Å². The molecule has 226 valence electrons. The molecule has 2 fully saturated rings. The predicted molar refractivity (Wildman–Crippen MR) is 159 cm³/mol. The van der Waals surface area contributed by atoms with Crippen LogP contribution < -0.4 is 11.1 Å². The summed E-state index contributed by atoms with van der Waals surface area (Å²) in [5.74, 6) is -0.978. The van der Waals surface area contributed by atoms with E-state index in [4.69, 9.17) is 10.8 Å². The van der Waals surface area contributed by atoms with Gasteiger partial charge in [0, 0.05) is 49.4 Å². The van der Waals surface area contributed by atoms with Gasteiger partial charge in [-0.25, -0.2) is 26.3 Å². The number of rotatable bonds is 7. The Morgan fingerprint density at radius 1 is 0.951 bits per heavy atom. The van der Waals surface area contributed by atoms with Gasteiger partial charge in [-0.2, -0.15) is 4.31 Å². The number of sulfonamides is 1. The number of hydrogen-bond acceptors (Lipinski definition) is 7. The molecular formula is C27H36F2N4O6S2. The summed E-state index contributed by atoms with van der Waals surface area (Å²) in [5, 5.41) is 10.7. The molecule has 2 aliphatic heterocycles. The van der Waals surface area contributed by atoms with Crippen molar-refractivity contribution >= 4 is 38.3 Å². The van der Waals surface area contributed by atoms with Crippen molar-refractivity contribution in [3.8, 4) is 0 Å². The van der Waals surface area contributed by atoms with Crippen LogP contribution in [0.3, 0.4) is 0 Å². The second-order valence-corrected chi connectivity index (χ2v) is 14.1. The number of benzene rings is 2. The average molecular weight is 615 g/mol. The summed E-state index contributed by atoms with van der Waals surface area (Å²) >= 11 is 0. The van der Waals surface area contributed by atoms with Gasteiger partial charge < -0.3 is 10.8 Å². The van der Waals surface area contributed by atoms with E-state index in [1.807, 2.05) is 0 Å². The zero-order valence-corrected chi connectivity index (χ0v) is 24.1. The van der Waals surface area contributed by atoms with Crippen molar-refractivity contribution in [1.29, 1.82) is 0 Å². The van der Waals surface area contributed by atoms with E-state index in [1.165, 1.54) is 26.8 Å². The van der Waals surface area contributed by atoms with Crippen molar-refractivity contribution in [2.75, 3.05) is 48.7 Å². The van der Waals surface area contributed by atoms with Gasteiger partial charge in [0.15, 0.2) is 0 Å². The van der Waals surface area contributed by atoms with E-state index >= 15 is 0 Å². The highest BCUT2D eigenvalue weighted by Crippen LogP contribution is 2.50. The molecule has 2 atom stereocenters. The molecule has 0 aromatic heterocycles. The first kappa shape index (κ1) is 32.5. The topological polar surface area (TPSA) is 156 Å². The molecule has 2 aromatic rings. The van der Waals surface area contributed by atoms with Gasteiger partial charge in [-0.15, -0.1) is 23.9 Å². The van der Waals surface area contributed by atoms with Crippen LogP contribution in [0.1, 0.15) is 35.8 Å². The fourth-order valence-corrected chi connectivity index (χ4v) is 8.07. The maximum atomic E-state index is 14.2. The minimum absolute atomic E-state index is 0.0370. The maximum Gasteiger partial charge on any atom is 0.409 e. The first-order chi connectivity index (χ1) is 19.3. The molecule has 2 unspecified atom stereocenters. The minimum atomic E-state index is -3.23. The standard InChI is InChI=1S/C14H19FN2O4S.C13H17FN2O2S/c1-2-6-17-9-10(5-7-22(17,20)21)12-4-3-11(8-13(12)15)16-14(18)19;1-2-6-16-9-10(5-7-19(16,17)18)12-4-3-11(15)8-13(12)14/h2-4,8,10,16,20-21H,1,5-7,9H2,(H,18,19);2-4,8,10H,1,5-7,9,15H2. The van der Waals surface area contributed by atoms with Gasteiger partial charge in [-0.05, 0) is 48.2 Å². The van der Waals surface area contributed by atoms with Crippen molar-refractivity contribution in [3.05, 3.63) is 84.5 Å². The van der Waals surface area contributed by atoms with E-state index in [-0.39, 0.29) is 47.9 Å². The lowest BCUT2D eigenvalue weighted by Gasteiger charge is -2.48. The van der Waals surface area contributed by atoms with Crippen LogP contribution >= 0.6 is 10.8 Å². The third-order valence-electron chi connectivity index (χ3n) is 6.94. The zero-order chi connectivity index (χ0) is 30.4. The lowest BCUT2D eigenvalue weighted by molar-refractivity contribution is 0.209. The first-order valence-corrected chi connectivity index (χ1v) is 16.1. The van der Waals surface area contributed by atoms with Gasteiger partial charge in [0.05, 0.1) is 11.5 Å². The third kappa shape index (κ3) is 8.50. The average Bonchev–Trinajstić information content (AvgIpc) is 2.87. The molecule has 14 heteroatoms. The van der Waals surface area contributed by atoms with Crippen molar-refractivity contribution in [2.24, 2.45) is 0 Å². The molecule has 0 bridgehead atoms. The van der Waals surface area contributed by atoms with E-state index in [9.17, 15) is 31.1 Å². The third-order valence-corrected chi connectivity index (χ3v) is 10.7. The molecule has 2 saturated heterocycles. The van der Waals surface area contributed by atoms with Gasteiger partial charge in [0.2, 0.25) is 10.0 Å². The molecule has 2 aromatic carbocycles. The molecule has 4 rings (SSSR count). The number of amides is 1. The summed E-state index contributed by atoms with van der Waals surface area (Å²) in [6.07, 6.45) is 2.75. The Kier molecular flexibility index (Phi) is 10.9. The van der Waals surface area contributed by atoms with E-state index in [0.717, 1.165) is 6.07 Å². The summed E-state index contributed by atoms with van der Waals surface area (Å²) in [5.41, 5.74) is 7.02. The van der Waals surface area contributed by atoms with E-state index in [1.54, 1.807) is 24.3 Å². The van der Waals surface area contributed by atoms with Crippen LogP contribution in [0.25, 0.3) is 0 Å². The maximum absolute atomic E-state index is 14.2.